The Morgan fingerprint density at radius 2 is 0.829 bits per heavy atom. The van der Waals surface area contributed by atoms with E-state index >= 15 is 0 Å². The number of thiophene rings is 2. The van der Waals surface area contributed by atoms with Crippen LogP contribution in [0, 0.1) is 0 Å². The predicted molar refractivity (Wildman–Crippen MR) is 296 cm³/mol. The fourth-order valence-electron chi connectivity index (χ4n) is 10.8. The topological polar surface area (TPSA) is 48.5 Å². The average Bonchev–Trinajstić information content (AvgIpc) is 4.18. The second kappa shape index (κ2) is 15.4. The Labute approximate surface area is 409 Å². The highest BCUT2D eigenvalue weighted by Gasteiger charge is 2.24. The van der Waals surface area contributed by atoms with E-state index in [4.69, 9.17) is 15.0 Å². The van der Waals surface area contributed by atoms with E-state index in [2.05, 4.69) is 197 Å². The number of hydrogen-bond donors (Lipinski definition) is 0. The Morgan fingerprint density at radius 3 is 1.57 bits per heavy atom. The highest BCUT2D eigenvalue weighted by Crippen LogP contribution is 2.47. The molecule has 10 aromatic carbocycles. The molecule has 70 heavy (non-hydrogen) atoms. The summed E-state index contributed by atoms with van der Waals surface area (Å²) >= 11 is 3.66. The lowest BCUT2D eigenvalue weighted by atomic mass is 10.00. The van der Waals surface area contributed by atoms with Gasteiger partial charge in [0.2, 0.25) is 0 Å². The lowest BCUT2D eigenvalue weighted by Gasteiger charge is -2.14. The fourth-order valence-corrected chi connectivity index (χ4v) is 13.1. The molecule has 0 radical (unpaired) electrons. The van der Waals surface area contributed by atoms with Crippen LogP contribution in [0.2, 0.25) is 0 Å². The molecule has 7 heteroatoms. The highest BCUT2D eigenvalue weighted by molar-refractivity contribution is 7.26. The van der Waals surface area contributed by atoms with Crippen LogP contribution in [0.1, 0.15) is 0 Å². The summed E-state index contributed by atoms with van der Waals surface area (Å²) < 4.78 is 9.89. The molecule has 0 amide bonds. The second-order valence-electron chi connectivity index (χ2n) is 17.9. The third-order valence-corrected chi connectivity index (χ3v) is 16.3. The summed E-state index contributed by atoms with van der Waals surface area (Å²) in [4.78, 5) is 15.6. The molecule has 0 N–H and O–H groups in total. The standard InChI is InChI=1S/C63H37N5S2/c1-4-16-38(17-5-1)61-64-62(39-18-6-2-7-19-39)66-63(65-61)46-30-32-53(59-45-24-12-15-27-57(45)70-60(46)59)68-52-31-28-40(41-29-33-58-50(35-41)44-23-11-14-26-56(44)69-58)34-47(52)49-36-48-43-22-10-13-25-51(43)67(54(48)37-55(49)68)42-20-8-3-9-21-42/h1-37H. The van der Waals surface area contributed by atoms with Crippen molar-refractivity contribution in [2.24, 2.45) is 0 Å². The van der Waals surface area contributed by atoms with Crippen LogP contribution in [0.15, 0.2) is 224 Å². The SMILES string of the molecule is c1ccc(-c2nc(-c3ccccc3)nc(-c3ccc(-n4c5ccc(-c6ccc7sc8ccccc8c7c6)cc5c5cc6c7ccccc7n(-c7ccccc7)c6cc54)c4c3sc3ccccc34)n2)cc1. The van der Waals surface area contributed by atoms with Crippen LogP contribution in [0.3, 0.4) is 0 Å². The summed E-state index contributed by atoms with van der Waals surface area (Å²) in [5, 5.41) is 9.83. The van der Waals surface area contributed by atoms with Crippen molar-refractivity contribution in [2.45, 2.75) is 0 Å². The van der Waals surface area contributed by atoms with Crippen molar-refractivity contribution in [1.82, 2.24) is 24.1 Å². The molecule has 0 saturated heterocycles. The first-order valence-electron chi connectivity index (χ1n) is 23.5. The van der Waals surface area contributed by atoms with Gasteiger partial charge in [0.15, 0.2) is 17.5 Å². The minimum Gasteiger partial charge on any atom is -0.309 e. The molecular formula is C63H37N5S2. The van der Waals surface area contributed by atoms with Crippen molar-refractivity contribution in [1.29, 1.82) is 0 Å². The van der Waals surface area contributed by atoms with Crippen LogP contribution >= 0.6 is 22.7 Å². The molecule has 0 saturated carbocycles. The number of benzene rings is 10. The van der Waals surface area contributed by atoms with Crippen LogP contribution in [-0.4, -0.2) is 24.1 Å². The first kappa shape index (κ1) is 39.3. The monoisotopic (exact) mass is 927 g/mol. The molecule has 15 rings (SSSR count). The van der Waals surface area contributed by atoms with Crippen LogP contribution < -0.4 is 0 Å². The molecular weight excluding hydrogens is 891 g/mol. The normalized spacial score (nSPS) is 12.0. The first-order valence-corrected chi connectivity index (χ1v) is 25.1. The molecule has 326 valence electrons. The van der Waals surface area contributed by atoms with Crippen molar-refractivity contribution in [2.75, 3.05) is 0 Å². The average molecular weight is 928 g/mol. The number of hydrogen-bond acceptors (Lipinski definition) is 5. The molecule has 5 nitrogen and oxygen atoms in total. The van der Waals surface area contributed by atoms with Gasteiger partial charge in [0.1, 0.15) is 0 Å². The van der Waals surface area contributed by atoms with Gasteiger partial charge >= 0.3 is 0 Å². The maximum Gasteiger partial charge on any atom is 0.165 e. The Balaban J connectivity index is 1.03. The summed E-state index contributed by atoms with van der Waals surface area (Å²) in [6, 6.07) is 81.0. The Kier molecular flexibility index (Phi) is 8.63. The van der Waals surface area contributed by atoms with Gasteiger partial charge < -0.3 is 9.13 Å². The van der Waals surface area contributed by atoms with Gasteiger partial charge in [-0.3, -0.25) is 0 Å². The summed E-state index contributed by atoms with van der Waals surface area (Å²) in [5.41, 5.74) is 12.1. The number of para-hydroxylation sites is 2. The predicted octanol–water partition coefficient (Wildman–Crippen LogP) is 17.5. The number of rotatable bonds is 6. The smallest absolute Gasteiger partial charge is 0.165 e. The Morgan fingerprint density at radius 1 is 0.300 bits per heavy atom. The molecule has 0 atom stereocenters. The maximum absolute atomic E-state index is 5.25. The lowest BCUT2D eigenvalue weighted by molar-refractivity contribution is 1.08. The maximum atomic E-state index is 5.25. The van der Waals surface area contributed by atoms with E-state index < -0.39 is 0 Å². The number of aromatic nitrogens is 5. The molecule has 0 spiro atoms. The van der Waals surface area contributed by atoms with E-state index in [0.717, 1.165) is 49.3 Å². The lowest BCUT2D eigenvalue weighted by Crippen LogP contribution is -2.01. The molecule has 5 aromatic heterocycles. The summed E-state index contributed by atoms with van der Waals surface area (Å²) in [7, 11) is 0. The summed E-state index contributed by atoms with van der Waals surface area (Å²) in [5.74, 6) is 1.93. The third-order valence-electron chi connectivity index (χ3n) is 14.0. The Hall–Kier alpha value is -8.75. The zero-order valence-corrected chi connectivity index (χ0v) is 39.0. The summed E-state index contributed by atoms with van der Waals surface area (Å²) in [6.07, 6.45) is 0. The van der Waals surface area contributed by atoms with Crippen LogP contribution in [0.25, 0.3) is 141 Å². The van der Waals surface area contributed by atoms with E-state index in [1.165, 1.54) is 73.8 Å². The van der Waals surface area contributed by atoms with Crippen molar-refractivity contribution in [3.05, 3.63) is 224 Å². The van der Waals surface area contributed by atoms with E-state index in [9.17, 15) is 0 Å². The fraction of sp³-hybridized carbons (Fsp3) is 0. The number of nitrogens with zero attached hydrogens (tertiary/aromatic N) is 5. The molecule has 0 aliphatic heterocycles. The molecule has 0 unspecified atom stereocenters. The molecule has 0 aliphatic rings. The van der Waals surface area contributed by atoms with Gasteiger partial charge in [-0.15, -0.1) is 22.7 Å². The zero-order valence-electron chi connectivity index (χ0n) is 37.4. The Bertz CT molecular complexity index is 4530. The van der Waals surface area contributed by atoms with Gasteiger partial charge in [-0.05, 0) is 90.0 Å². The van der Waals surface area contributed by atoms with Crippen molar-refractivity contribution in [3.63, 3.8) is 0 Å². The molecule has 5 heterocycles. The van der Waals surface area contributed by atoms with Gasteiger partial charge in [0.05, 0.1) is 27.8 Å². The second-order valence-corrected chi connectivity index (χ2v) is 20.1. The minimum atomic E-state index is 0.644. The van der Waals surface area contributed by atoms with E-state index in [-0.39, 0.29) is 0 Å². The van der Waals surface area contributed by atoms with Crippen molar-refractivity contribution in [3.8, 4) is 56.7 Å². The molecule has 15 aromatic rings. The van der Waals surface area contributed by atoms with E-state index in [0.29, 0.717) is 17.5 Å². The van der Waals surface area contributed by atoms with E-state index in [1.54, 1.807) is 11.3 Å². The van der Waals surface area contributed by atoms with Gasteiger partial charge in [0.25, 0.3) is 0 Å². The summed E-state index contributed by atoms with van der Waals surface area (Å²) in [6.45, 7) is 0. The van der Waals surface area contributed by atoms with Crippen LogP contribution in [0.4, 0.5) is 0 Å². The number of fused-ring (bicyclic) bond motifs is 12. The van der Waals surface area contributed by atoms with Crippen molar-refractivity contribution >= 4 is 107 Å². The third kappa shape index (κ3) is 5.99. The van der Waals surface area contributed by atoms with Gasteiger partial charge in [-0.25, -0.2) is 15.0 Å². The molecule has 0 aliphatic carbocycles. The van der Waals surface area contributed by atoms with Crippen molar-refractivity contribution < 1.29 is 0 Å². The zero-order chi connectivity index (χ0) is 45.9. The largest absolute Gasteiger partial charge is 0.309 e. The quantitative estimate of drug-likeness (QED) is 0.167. The van der Waals surface area contributed by atoms with Gasteiger partial charge in [0, 0.05) is 84.3 Å². The van der Waals surface area contributed by atoms with Gasteiger partial charge in [-0.1, -0.05) is 146 Å². The van der Waals surface area contributed by atoms with E-state index in [1.807, 2.05) is 47.7 Å². The highest BCUT2D eigenvalue weighted by atomic mass is 32.1. The minimum absolute atomic E-state index is 0.644. The first-order chi connectivity index (χ1) is 34.7. The van der Waals surface area contributed by atoms with Gasteiger partial charge in [-0.2, -0.15) is 0 Å². The van der Waals surface area contributed by atoms with Crippen LogP contribution in [-0.2, 0) is 0 Å². The molecule has 0 fully saturated rings. The van der Waals surface area contributed by atoms with Crippen LogP contribution in [0.5, 0.6) is 0 Å². The molecule has 0 bridgehead atoms.